The number of aromatic hydroxyl groups is 1. The first-order valence-corrected chi connectivity index (χ1v) is 10.2. The van der Waals surface area contributed by atoms with Crippen LogP contribution in [0, 0.1) is 11.3 Å². The molecule has 0 aromatic heterocycles. The molecule has 9 heteroatoms. The summed E-state index contributed by atoms with van der Waals surface area (Å²) in [7, 11) is -1.42. The standard InChI is InChI=1S/C12H13BrN2O3S.C6H5ClO/c13-10-5-9(6-14)1-2-11(10)19(18)15-4-3-12(17,7-15)8-16;7-5-1-3-6(8)4-2-5/h1-2,5,16-17H,3-4,7-8H2;1-4,8H. The van der Waals surface area contributed by atoms with Crippen molar-refractivity contribution in [2.45, 2.75) is 16.9 Å². The van der Waals surface area contributed by atoms with Gasteiger partial charge in [-0.3, -0.25) is 0 Å². The minimum Gasteiger partial charge on any atom is -0.508 e. The van der Waals surface area contributed by atoms with E-state index in [1.165, 1.54) is 0 Å². The van der Waals surface area contributed by atoms with E-state index in [4.69, 9.17) is 27.1 Å². The Morgan fingerprint density at radius 3 is 2.44 bits per heavy atom. The average Bonchev–Trinajstić information content (AvgIpc) is 3.07. The van der Waals surface area contributed by atoms with Crippen LogP contribution >= 0.6 is 27.5 Å². The molecule has 2 aromatic rings. The molecular weight excluding hydrogens is 456 g/mol. The Balaban J connectivity index is 0.000000273. The van der Waals surface area contributed by atoms with E-state index >= 15 is 0 Å². The number of hydrogen-bond acceptors (Lipinski definition) is 5. The lowest BCUT2D eigenvalue weighted by Crippen LogP contribution is -2.37. The van der Waals surface area contributed by atoms with Crippen molar-refractivity contribution in [2.75, 3.05) is 19.7 Å². The van der Waals surface area contributed by atoms with Gasteiger partial charge in [0.15, 0.2) is 0 Å². The number of hydrogen-bond donors (Lipinski definition) is 3. The van der Waals surface area contributed by atoms with Crippen molar-refractivity contribution in [3.63, 3.8) is 0 Å². The van der Waals surface area contributed by atoms with Crippen molar-refractivity contribution in [1.82, 2.24) is 4.31 Å². The summed E-state index contributed by atoms with van der Waals surface area (Å²) in [5.41, 5.74) is -0.685. The quantitative estimate of drug-likeness (QED) is 0.636. The molecule has 2 unspecified atom stereocenters. The van der Waals surface area contributed by atoms with E-state index in [0.717, 1.165) is 0 Å². The van der Waals surface area contributed by atoms with Gasteiger partial charge in [0.1, 0.15) is 22.3 Å². The molecule has 0 radical (unpaired) electrons. The third-order valence-corrected chi connectivity index (χ3v) is 6.59. The molecule has 6 nitrogen and oxygen atoms in total. The minimum atomic E-state index is -1.42. The number of halogens is 2. The lowest BCUT2D eigenvalue weighted by molar-refractivity contribution is -0.000504. The highest BCUT2D eigenvalue weighted by atomic mass is 79.9. The van der Waals surface area contributed by atoms with Crippen molar-refractivity contribution < 1.29 is 19.5 Å². The Kier molecular flexibility index (Phi) is 7.79. The van der Waals surface area contributed by atoms with Gasteiger partial charge >= 0.3 is 0 Å². The first-order chi connectivity index (χ1) is 12.8. The molecule has 0 aliphatic carbocycles. The molecule has 27 heavy (non-hydrogen) atoms. The van der Waals surface area contributed by atoms with Gasteiger partial charge < -0.3 is 15.3 Å². The summed E-state index contributed by atoms with van der Waals surface area (Å²) in [6, 6.07) is 13.2. The third-order valence-electron chi connectivity index (χ3n) is 3.90. The predicted octanol–water partition coefficient (Wildman–Crippen LogP) is 2.82. The smallest absolute Gasteiger partial charge is 0.128 e. The van der Waals surface area contributed by atoms with Crippen LogP contribution in [0.5, 0.6) is 5.75 Å². The van der Waals surface area contributed by atoms with Gasteiger partial charge in [-0.1, -0.05) is 11.6 Å². The zero-order chi connectivity index (χ0) is 20.0. The first-order valence-electron chi connectivity index (χ1n) is 7.92. The average molecular weight is 474 g/mol. The number of aliphatic hydroxyl groups is 2. The van der Waals surface area contributed by atoms with Crippen molar-refractivity contribution >= 4 is 38.5 Å². The number of rotatable bonds is 3. The maximum atomic E-state index is 12.4. The molecule has 3 N–H and O–H groups in total. The van der Waals surface area contributed by atoms with Gasteiger partial charge in [0.2, 0.25) is 0 Å². The van der Waals surface area contributed by atoms with Gasteiger partial charge in [0, 0.05) is 22.6 Å². The second-order valence-corrected chi connectivity index (χ2v) is 8.72. The predicted molar refractivity (Wildman–Crippen MR) is 107 cm³/mol. The Morgan fingerprint density at radius 2 is 1.96 bits per heavy atom. The Labute approximate surface area is 173 Å². The Morgan fingerprint density at radius 1 is 1.30 bits per heavy atom. The van der Waals surface area contributed by atoms with E-state index in [9.17, 15) is 9.32 Å². The molecule has 1 saturated heterocycles. The van der Waals surface area contributed by atoms with Gasteiger partial charge in [0.25, 0.3) is 0 Å². The van der Waals surface area contributed by atoms with Crippen LogP contribution in [0.2, 0.25) is 5.02 Å². The molecule has 2 aromatic carbocycles. The molecule has 1 aliphatic rings. The van der Waals surface area contributed by atoms with Gasteiger partial charge in [-0.25, -0.2) is 8.51 Å². The maximum Gasteiger partial charge on any atom is 0.128 e. The number of phenolic OH excluding ortho intramolecular Hbond substituents is 1. The van der Waals surface area contributed by atoms with E-state index in [2.05, 4.69) is 15.9 Å². The summed E-state index contributed by atoms with van der Waals surface area (Å²) in [4.78, 5) is 0.557. The number of nitriles is 1. The molecule has 0 spiro atoms. The fourth-order valence-electron chi connectivity index (χ4n) is 2.38. The van der Waals surface area contributed by atoms with Crippen LogP contribution in [-0.2, 0) is 11.0 Å². The number of nitrogens with zero attached hydrogens (tertiary/aromatic N) is 2. The fraction of sp³-hybridized carbons (Fsp3) is 0.278. The Hall–Kier alpha value is -1.47. The SMILES string of the molecule is N#Cc1ccc(S(=O)N2CCC(O)(CO)C2)c(Br)c1.Oc1ccc(Cl)cc1. The summed E-state index contributed by atoms with van der Waals surface area (Å²) >= 11 is 8.80. The van der Waals surface area contributed by atoms with E-state index in [1.807, 2.05) is 6.07 Å². The molecule has 0 bridgehead atoms. The largest absolute Gasteiger partial charge is 0.508 e. The minimum absolute atomic E-state index is 0.169. The highest BCUT2D eigenvalue weighted by Gasteiger charge is 2.38. The van der Waals surface area contributed by atoms with E-state index in [1.54, 1.807) is 46.8 Å². The van der Waals surface area contributed by atoms with Gasteiger partial charge in [-0.05, 0) is 64.8 Å². The lowest BCUT2D eigenvalue weighted by Gasteiger charge is -2.20. The fourth-order valence-corrected chi connectivity index (χ4v) is 4.61. The number of phenols is 1. The molecule has 1 fully saturated rings. The zero-order valence-corrected chi connectivity index (χ0v) is 17.3. The van der Waals surface area contributed by atoms with Crippen LogP contribution in [0.1, 0.15) is 12.0 Å². The van der Waals surface area contributed by atoms with E-state index < -0.39 is 16.6 Å². The normalized spacial score (nSPS) is 20.4. The Bertz CT molecular complexity index is 838. The zero-order valence-electron chi connectivity index (χ0n) is 14.2. The molecule has 2 atom stereocenters. The van der Waals surface area contributed by atoms with Crippen LogP contribution in [0.15, 0.2) is 51.8 Å². The molecule has 1 heterocycles. The summed E-state index contributed by atoms with van der Waals surface area (Å²) < 4.78 is 14.6. The van der Waals surface area contributed by atoms with Gasteiger partial charge in [-0.2, -0.15) is 5.26 Å². The van der Waals surface area contributed by atoms with Crippen LogP contribution in [-0.4, -0.2) is 49.1 Å². The van der Waals surface area contributed by atoms with Crippen LogP contribution in [0.4, 0.5) is 0 Å². The first kappa shape index (κ1) is 21.8. The molecule has 0 saturated carbocycles. The summed E-state index contributed by atoms with van der Waals surface area (Å²) in [6.07, 6.45) is 0.392. The third kappa shape index (κ3) is 6.01. The van der Waals surface area contributed by atoms with Crippen LogP contribution in [0.25, 0.3) is 0 Å². The summed E-state index contributed by atoms with van der Waals surface area (Å²) in [6.45, 7) is 0.286. The highest BCUT2D eigenvalue weighted by Crippen LogP contribution is 2.28. The van der Waals surface area contributed by atoms with Crippen molar-refractivity contribution in [1.29, 1.82) is 5.26 Å². The van der Waals surface area contributed by atoms with E-state index in [0.29, 0.717) is 32.9 Å². The van der Waals surface area contributed by atoms with Crippen LogP contribution in [0.3, 0.4) is 0 Å². The van der Waals surface area contributed by atoms with Crippen molar-refractivity contribution in [3.8, 4) is 11.8 Å². The number of benzene rings is 2. The van der Waals surface area contributed by atoms with Gasteiger partial charge in [-0.15, -0.1) is 0 Å². The molecule has 3 rings (SSSR count). The monoisotopic (exact) mass is 472 g/mol. The number of β-amino-alcohol motifs (C(OH)–C–C–N with tert-alkyl or cyclic N) is 1. The van der Waals surface area contributed by atoms with Gasteiger partial charge in [0.05, 0.1) is 23.1 Å². The van der Waals surface area contributed by atoms with Crippen molar-refractivity contribution in [3.05, 3.63) is 57.5 Å². The summed E-state index contributed by atoms with van der Waals surface area (Å²) in [5, 5.41) is 37.2. The lowest BCUT2D eigenvalue weighted by atomic mass is 10.1. The van der Waals surface area contributed by atoms with E-state index in [-0.39, 0.29) is 18.9 Å². The second-order valence-electron chi connectivity index (χ2n) is 5.98. The molecule has 1 aliphatic heterocycles. The molecule has 0 amide bonds. The maximum absolute atomic E-state index is 12.4. The summed E-state index contributed by atoms with van der Waals surface area (Å²) in [5.74, 6) is 0.245. The molecule has 144 valence electrons. The molecular formula is C18H18BrClN2O4S. The van der Waals surface area contributed by atoms with Crippen LogP contribution < -0.4 is 0 Å². The highest BCUT2D eigenvalue weighted by molar-refractivity contribution is 9.10. The topological polar surface area (TPSA) is 105 Å². The number of aliphatic hydroxyl groups excluding tert-OH is 1. The second kappa shape index (κ2) is 9.64. The van der Waals surface area contributed by atoms with Crippen molar-refractivity contribution in [2.24, 2.45) is 0 Å².